The molecule has 1 rings (SSSR count). The van der Waals surface area contributed by atoms with E-state index in [2.05, 4.69) is 0 Å². The average molecular weight is 271 g/mol. The molecule has 0 saturated carbocycles. The number of carbonyl (C=O) groups excluding carboxylic acids is 1. The zero-order valence-corrected chi connectivity index (χ0v) is 12.3. The molecule has 1 aliphatic rings. The molecule has 0 bridgehead atoms. The number of hydrogen-bond acceptors (Lipinski definition) is 3. The van der Waals surface area contributed by atoms with Crippen LogP contribution in [0.15, 0.2) is 0 Å². The minimum atomic E-state index is 0.155. The van der Waals surface area contributed by atoms with Crippen LogP contribution in [0.2, 0.25) is 0 Å². The lowest BCUT2D eigenvalue weighted by molar-refractivity contribution is -0.132. The SMILES string of the molecule is CC(CN(C)CC(=O)N1CCCCCC1)C(N)=S. The summed E-state index contributed by atoms with van der Waals surface area (Å²) in [5.74, 6) is 0.386. The molecule has 0 aliphatic carbocycles. The van der Waals surface area contributed by atoms with Crippen molar-refractivity contribution in [1.29, 1.82) is 0 Å². The van der Waals surface area contributed by atoms with Gasteiger partial charge in [0.2, 0.25) is 5.91 Å². The van der Waals surface area contributed by atoms with Gasteiger partial charge in [-0.2, -0.15) is 0 Å². The molecule has 104 valence electrons. The third kappa shape index (κ3) is 5.31. The predicted molar refractivity (Wildman–Crippen MR) is 78.5 cm³/mol. The van der Waals surface area contributed by atoms with Crippen LogP contribution in [0.1, 0.15) is 32.6 Å². The zero-order valence-electron chi connectivity index (χ0n) is 11.5. The maximum atomic E-state index is 12.1. The van der Waals surface area contributed by atoms with Gasteiger partial charge in [0.25, 0.3) is 0 Å². The van der Waals surface area contributed by atoms with Gasteiger partial charge in [-0.15, -0.1) is 0 Å². The van der Waals surface area contributed by atoms with E-state index >= 15 is 0 Å². The molecule has 0 aromatic carbocycles. The van der Waals surface area contributed by atoms with Gasteiger partial charge in [0.05, 0.1) is 11.5 Å². The third-order valence-electron chi connectivity index (χ3n) is 3.44. The smallest absolute Gasteiger partial charge is 0.236 e. The van der Waals surface area contributed by atoms with Gasteiger partial charge in [0, 0.05) is 25.6 Å². The van der Waals surface area contributed by atoms with Crippen molar-refractivity contribution >= 4 is 23.1 Å². The minimum absolute atomic E-state index is 0.155. The highest BCUT2D eigenvalue weighted by molar-refractivity contribution is 7.80. The van der Waals surface area contributed by atoms with Crippen LogP contribution in [0.25, 0.3) is 0 Å². The zero-order chi connectivity index (χ0) is 13.5. The summed E-state index contributed by atoms with van der Waals surface area (Å²) in [5, 5.41) is 0. The number of rotatable bonds is 5. The van der Waals surface area contributed by atoms with E-state index in [-0.39, 0.29) is 11.8 Å². The molecule has 1 fully saturated rings. The van der Waals surface area contributed by atoms with Gasteiger partial charge < -0.3 is 10.6 Å². The Labute approximate surface area is 115 Å². The van der Waals surface area contributed by atoms with Crippen molar-refractivity contribution in [3.8, 4) is 0 Å². The van der Waals surface area contributed by atoms with Gasteiger partial charge >= 0.3 is 0 Å². The summed E-state index contributed by atoms with van der Waals surface area (Å²) in [6.07, 6.45) is 4.77. The van der Waals surface area contributed by atoms with Crippen LogP contribution in [-0.2, 0) is 4.79 Å². The molecule has 1 heterocycles. The Balaban J connectivity index is 2.35. The van der Waals surface area contributed by atoms with Gasteiger partial charge in [0.1, 0.15) is 0 Å². The van der Waals surface area contributed by atoms with E-state index in [0.29, 0.717) is 11.5 Å². The van der Waals surface area contributed by atoms with E-state index in [0.717, 1.165) is 32.5 Å². The Morgan fingerprint density at radius 2 is 1.89 bits per heavy atom. The second-order valence-corrected chi connectivity index (χ2v) is 5.77. The van der Waals surface area contributed by atoms with Gasteiger partial charge in [-0.25, -0.2) is 0 Å². The number of thiocarbonyl (C=S) groups is 1. The Kier molecular flexibility index (Phi) is 6.57. The lowest BCUT2D eigenvalue weighted by atomic mass is 10.2. The molecule has 2 N–H and O–H groups in total. The van der Waals surface area contributed by atoms with Gasteiger partial charge in [-0.1, -0.05) is 32.0 Å². The van der Waals surface area contributed by atoms with E-state index in [4.69, 9.17) is 18.0 Å². The standard InChI is InChI=1S/C13H25N3OS/c1-11(13(14)18)9-15(2)10-12(17)16-7-5-3-4-6-8-16/h11H,3-10H2,1-2H3,(H2,14,18). The first-order chi connectivity index (χ1) is 8.50. The Bertz CT molecular complexity index is 288. The monoisotopic (exact) mass is 271 g/mol. The third-order valence-corrected chi connectivity index (χ3v) is 3.84. The first-order valence-electron chi connectivity index (χ1n) is 6.76. The quantitative estimate of drug-likeness (QED) is 0.765. The van der Waals surface area contributed by atoms with Crippen molar-refractivity contribution < 1.29 is 4.79 Å². The van der Waals surface area contributed by atoms with E-state index in [1.165, 1.54) is 12.8 Å². The summed E-state index contributed by atoms with van der Waals surface area (Å²) in [4.78, 5) is 16.7. The van der Waals surface area contributed by atoms with E-state index in [1.54, 1.807) is 0 Å². The average Bonchev–Trinajstić information content (AvgIpc) is 2.56. The molecule has 0 aromatic heterocycles. The summed E-state index contributed by atoms with van der Waals surface area (Å²) < 4.78 is 0. The van der Waals surface area contributed by atoms with Crippen molar-refractivity contribution in [2.45, 2.75) is 32.6 Å². The van der Waals surface area contributed by atoms with Crippen LogP contribution < -0.4 is 5.73 Å². The normalized spacial score (nSPS) is 18.5. The molecule has 18 heavy (non-hydrogen) atoms. The molecule has 1 unspecified atom stereocenters. The van der Waals surface area contributed by atoms with Crippen molar-refractivity contribution in [1.82, 2.24) is 9.80 Å². The fourth-order valence-corrected chi connectivity index (χ4v) is 2.35. The number of nitrogens with zero attached hydrogens (tertiary/aromatic N) is 2. The first kappa shape index (κ1) is 15.4. The number of nitrogens with two attached hydrogens (primary N) is 1. The summed E-state index contributed by atoms with van der Waals surface area (Å²) in [6.45, 7) is 5.03. The van der Waals surface area contributed by atoms with E-state index in [1.807, 2.05) is 23.8 Å². The minimum Gasteiger partial charge on any atom is -0.393 e. The van der Waals surface area contributed by atoms with Crippen molar-refractivity contribution in [2.24, 2.45) is 11.7 Å². The topological polar surface area (TPSA) is 49.6 Å². The van der Waals surface area contributed by atoms with Crippen molar-refractivity contribution in [3.63, 3.8) is 0 Å². The molecular weight excluding hydrogens is 246 g/mol. The fraction of sp³-hybridized carbons (Fsp3) is 0.846. The Hall–Kier alpha value is -0.680. The van der Waals surface area contributed by atoms with Gasteiger partial charge in [-0.05, 0) is 19.9 Å². The highest BCUT2D eigenvalue weighted by Crippen LogP contribution is 2.10. The van der Waals surface area contributed by atoms with Crippen LogP contribution in [0, 0.1) is 5.92 Å². The lowest BCUT2D eigenvalue weighted by Gasteiger charge is -2.25. The number of hydrogen-bond donors (Lipinski definition) is 1. The summed E-state index contributed by atoms with van der Waals surface area (Å²) in [5.41, 5.74) is 5.59. The Morgan fingerprint density at radius 3 is 2.39 bits per heavy atom. The van der Waals surface area contributed by atoms with Crippen molar-refractivity contribution in [2.75, 3.05) is 33.2 Å². The summed E-state index contributed by atoms with van der Waals surface area (Å²) in [6, 6.07) is 0. The maximum absolute atomic E-state index is 12.1. The highest BCUT2D eigenvalue weighted by Gasteiger charge is 2.18. The molecule has 4 nitrogen and oxygen atoms in total. The predicted octanol–water partition coefficient (Wildman–Crippen LogP) is 1.24. The van der Waals surface area contributed by atoms with Crippen LogP contribution in [-0.4, -0.2) is 53.9 Å². The summed E-state index contributed by atoms with van der Waals surface area (Å²) in [7, 11) is 1.95. The van der Waals surface area contributed by atoms with Crippen LogP contribution in [0.4, 0.5) is 0 Å². The molecule has 0 radical (unpaired) electrons. The van der Waals surface area contributed by atoms with Crippen LogP contribution >= 0.6 is 12.2 Å². The van der Waals surface area contributed by atoms with Gasteiger partial charge in [-0.3, -0.25) is 9.69 Å². The molecule has 5 heteroatoms. The molecule has 1 atom stereocenters. The number of amides is 1. The second kappa shape index (κ2) is 7.69. The number of likely N-dealkylation sites (tertiary alicyclic amines) is 1. The highest BCUT2D eigenvalue weighted by atomic mass is 32.1. The lowest BCUT2D eigenvalue weighted by Crippen LogP contribution is -2.41. The second-order valence-electron chi connectivity index (χ2n) is 5.30. The molecule has 0 aromatic rings. The largest absolute Gasteiger partial charge is 0.393 e. The molecule has 1 saturated heterocycles. The fourth-order valence-electron chi connectivity index (χ4n) is 2.27. The van der Waals surface area contributed by atoms with E-state index in [9.17, 15) is 4.79 Å². The molecule has 0 spiro atoms. The van der Waals surface area contributed by atoms with E-state index < -0.39 is 0 Å². The van der Waals surface area contributed by atoms with Gasteiger partial charge in [0.15, 0.2) is 0 Å². The number of likely N-dealkylation sites (N-methyl/N-ethyl adjacent to an activating group) is 1. The Morgan fingerprint density at radius 1 is 1.33 bits per heavy atom. The maximum Gasteiger partial charge on any atom is 0.236 e. The molecule has 1 amide bonds. The van der Waals surface area contributed by atoms with Crippen LogP contribution in [0.5, 0.6) is 0 Å². The first-order valence-corrected chi connectivity index (χ1v) is 7.17. The number of carbonyl (C=O) groups is 1. The van der Waals surface area contributed by atoms with Crippen molar-refractivity contribution in [3.05, 3.63) is 0 Å². The molecule has 1 aliphatic heterocycles. The summed E-state index contributed by atoms with van der Waals surface area (Å²) >= 11 is 4.95. The molecular formula is C13H25N3OS. The van der Waals surface area contributed by atoms with Crippen LogP contribution in [0.3, 0.4) is 0 Å².